The number of aryl methyl sites for hydroxylation is 1. The van der Waals surface area contributed by atoms with Crippen LogP contribution in [-0.2, 0) is 13.2 Å². The topological polar surface area (TPSA) is 87.3 Å². The molecule has 0 bridgehead atoms. The third-order valence-electron chi connectivity index (χ3n) is 5.44. The maximum atomic E-state index is 10.3. The monoisotopic (exact) mass is 343 g/mol. The van der Waals surface area contributed by atoms with E-state index in [0.717, 1.165) is 37.2 Å². The van der Waals surface area contributed by atoms with E-state index in [4.69, 9.17) is 0 Å². The highest BCUT2D eigenvalue weighted by Crippen LogP contribution is 2.39. The van der Waals surface area contributed by atoms with Gasteiger partial charge in [-0.3, -0.25) is 9.88 Å². The summed E-state index contributed by atoms with van der Waals surface area (Å²) in [4.78, 5) is 6.45. The Kier molecular flexibility index (Phi) is 4.43. The number of pyridine rings is 1. The predicted molar refractivity (Wildman–Crippen MR) is 92.1 cm³/mol. The fourth-order valence-electron chi connectivity index (χ4n) is 3.60. The molecule has 0 spiro atoms. The van der Waals surface area contributed by atoms with E-state index in [2.05, 4.69) is 26.4 Å². The van der Waals surface area contributed by atoms with Gasteiger partial charge < -0.3 is 10.2 Å². The Balaban J connectivity index is 1.39. The smallest absolute Gasteiger partial charge is 0.141 e. The zero-order valence-corrected chi connectivity index (χ0v) is 14.6. The lowest BCUT2D eigenvalue weighted by Crippen LogP contribution is -2.34. The van der Waals surface area contributed by atoms with Crippen LogP contribution in [0, 0.1) is 6.92 Å². The number of likely N-dealkylation sites (tertiary alicyclic amines) is 1. The van der Waals surface area contributed by atoms with E-state index in [-0.39, 0.29) is 12.4 Å². The van der Waals surface area contributed by atoms with Crippen LogP contribution in [0.2, 0.25) is 0 Å². The van der Waals surface area contributed by atoms with Crippen LogP contribution in [0.4, 0.5) is 0 Å². The Morgan fingerprint density at radius 2 is 1.96 bits per heavy atom. The highest BCUT2D eigenvalue weighted by Gasteiger charge is 2.28. The molecule has 7 heteroatoms. The van der Waals surface area contributed by atoms with Crippen LogP contribution >= 0.6 is 0 Å². The van der Waals surface area contributed by atoms with Gasteiger partial charge in [-0.25, -0.2) is 4.68 Å². The van der Waals surface area contributed by atoms with Crippen molar-refractivity contribution in [3.63, 3.8) is 0 Å². The predicted octanol–water partition coefficient (Wildman–Crippen LogP) is 1.89. The average Bonchev–Trinajstić information content (AvgIpc) is 3.37. The van der Waals surface area contributed by atoms with Crippen molar-refractivity contribution >= 4 is 0 Å². The van der Waals surface area contributed by atoms with Crippen molar-refractivity contribution in [2.45, 2.75) is 57.7 Å². The minimum atomic E-state index is -0.102. The summed E-state index contributed by atoms with van der Waals surface area (Å²) in [6.45, 7) is 4.20. The van der Waals surface area contributed by atoms with Crippen LogP contribution in [0.15, 0.2) is 12.4 Å². The molecule has 0 amide bonds. The molecule has 134 valence electrons. The first kappa shape index (κ1) is 16.5. The van der Waals surface area contributed by atoms with Gasteiger partial charge in [0.05, 0.1) is 24.0 Å². The Labute approximate surface area is 147 Å². The quantitative estimate of drug-likeness (QED) is 0.862. The molecule has 0 radical (unpaired) electrons. The first-order valence-corrected chi connectivity index (χ1v) is 9.07. The summed E-state index contributed by atoms with van der Waals surface area (Å²) < 4.78 is 2.04. The number of hydrogen-bond donors (Lipinski definition) is 2. The average molecular weight is 343 g/mol. The summed E-state index contributed by atoms with van der Waals surface area (Å²) in [6.07, 6.45) is 8.32. The van der Waals surface area contributed by atoms with Crippen molar-refractivity contribution in [3.05, 3.63) is 34.9 Å². The highest BCUT2D eigenvalue weighted by molar-refractivity contribution is 5.40. The van der Waals surface area contributed by atoms with Crippen LogP contribution < -0.4 is 0 Å². The van der Waals surface area contributed by atoms with E-state index in [1.165, 1.54) is 12.8 Å². The zero-order valence-electron chi connectivity index (χ0n) is 14.6. The molecule has 2 aromatic heterocycles. The van der Waals surface area contributed by atoms with Crippen LogP contribution in [0.25, 0.3) is 0 Å². The summed E-state index contributed by atoms with van der Waals surface area (Å²) in [5, 5.41) is 28.5. The van der Waals surface area contributed by atoms with Gasteiger partial charge in [-0.1, -0.05) is 5.21 Å². The summed E-state index contributed by atoms with van der Waals surface area (Å²) in [5.74, 6) is 0.850. The molecule has 3 heterocycles. The maximum absolute atomic E-state index is 10.3. The lowest BCUT2D eigenvalue weighted by atomic mass is 10.0. The van der Waals surface area contributed by atoms with E-state index >= 15 is 0 Å². The standard InChI is InChI=1S/C18H25N5O2/c1-12-18(25)16(14(11-24)8-19-12)9-22-6-4-15(5-7-22)23-10-17(20-21-23)13-2-3-13/h8,10,13,15,24-25H,2-7,9,11H2,1H3. The lowest BCUT2D eigenvalue weighted by molar-refractivity contribution is 0.169. The normalized spacial score (nSPS) is 19.4. The largest absolute Gasteiger partial charge is 0.506 e. The van der Waals surface area contributed by atoms with Gasteiger partial charge in [-0.15, -0.1) is 5.10 Å². The third-order valence-corrected chi connectivity index (χ3v) is 5.44. The molecule has 2 aromatic rings. The Bertz CT molecular complexity index is 748. The van der Waals surface area contributed by atoms with Crippen molar-refractivity contribution in [2.75, 3.05) is 13.1 Å². The molecule has 1 saturated carbocycles. The SMILES string of the molecule is Cc1ncc(CO)c(CN2CCC(n3cc(C4CC4)nn3)CC2)c1O. The summed E-state index contributed by atoms with van der Waals surface area (Å²) in [5.41, 5.74) is 3.25. The molecular formula is C18H25N5O2. The molecule has 25 heavy (non-hydrogen) atoms. The number of piperidine rings is 1. The van der Waals surface area contributed by atoms with Gasteiger partial charge >= 0.3 is 0 Å². The van der Waals surface area contributed by atoms with E-state index < -0.39 is 0 Å². The molecule has 4 rings (SSSR count). The fraction of sp³-hybridized carbons (Fsp3) is 0.611. The summed E-state index contributed by atoms with van der Waals surface area (Å²) in [6, 6.07) is 0.404. The molecule has 2 aliphatic rings. The summed E-state index contributed by atoms with van der Waals surface area (Å²) in [7, 11) is 0. The van der Waals surface area contributed by atoms with Crippen LogP contribution in [0.5, 0.6) is 5.75 Å². The van der Waals surface area contributed by atoms with Gasteiger partial charge in [-0.2, -0.15) is 0 Å². The Hall–Kier alpha value is -1.99. The Morgan fingerprint density at radius 3 is 2.64 bits per heavy atom. The molecule has 1 saturated heterocycles. The van der Waals surface area contributed by atoms with Crippen molar-refractivity contribution in [1.29, 1.82) is 0 Å². The molecule has 0 atom stereocenters. The number of rotatable bonds is 5. The molecule has 1 aliphatic carbocycles. The van der Waals surface area contributed by atoms with E-state index in [1.807, 2.05) is 4.68 Å². The highest BCUT2D eigenvalue weighted by atomic mass is 16.3. The number of nitrogens with zero attached hydrogens (tertiary/aromatic N) is 5. The van der Waals surface area contributed by atoms with Gasteiger partial charge in [0.1, 0.15) is 5.75 Å². The van der Waals surface area contributed by atoms with Crippen LogP contribution in [0.1, 0.15) is 60.2 Å². The first-order valence-electron chi connectivity index (χ1n) is 9.07. The number of aliphatic hydroxyl groups is 1. The summed E-state index contributed by atoms with van der Waals surface area (Å²) >= 11 is 0. The molecule has 7 nitrogen and oxygen atoms in total. The molecule has 2 fully saturated rings. The van der Waals surface area contributed by atoms with E-state index in [1.54, 1.807) is 13.1 Å². The van der Waals surface area contributed by atoms with Gasteiger partial charge in [-0.05, 0) is 32.6 Å². The first-order chi connectivity index (χ1) is 12.2. The van der Waals surface area contributed by atoms with Gasteiger partial charge in [0.25, 0.3) is 0 Å². The number of aromatic nitrogens is 4. The zero-order chi connectivity index (χ0) is 17.4. The van der Waals surface area contributed by atoms with Gasteiger partial charge in [0, 0.05) is 49.1 Å². The molecule has 0 unspecified atom stereocenters. The lowest BCUT2D eigenvalue weighted by Gasteiger charge is -2.32. The third kappa shape index (κ3) is 3.39. The van der Waals surface area contributed by atoms with Crippen molar-refractivity contribution in [2.24, 2.45) is 0 Å². The minimum Gasteiger partial charge on any atom is -0.506 e. The number of aromatic hydroxyl groups is 1. The number of aliphatic hydroxyl groups excluding tert-OH is 1. The fourth-order valence-corrected chi connectivity index (χ4v) is 3.60. The molecule has 1 aliphatic heterocycles. The molecule has 0 aromatic carbocycles. The molecule has 2 N–H and O–H groups in total. The van der Waals surface area contributed by atoms with Gasteiger partial charge in [0.2, 0.25) is 0 Å². The van der Waals surface area contributed by atoms with Crippen LogP contribution in [0.3, 0.4) is 0 Å². The van der Waals surface area contributed by atoms with Crippen molar-refractivity contribution in [1.82, 2.24) is 24.9 Å². The van der Waals surface area contributed by atoms with Crippen molar-refractivity contribution < 1.29 is 10.2 Å². The Morgan fingerprint density at radius 1 is 1.20 bits per heavy atom. The second-order valence-electron chi connectivity index (χ2n) is 7.26. The molecular weight excluding hydrogens is 318 g/mol. The van der Waals surface area contributed by atoms with Crippen LogP contribution in [-0.4, -0.2) is 48.2 Å². The van der Waals surface area contributed by atoms with E-state index in [9.17, 15) is 10.2 Å². The van der Waals surface area contributed by atoms with Crippen molar-refractivity contribution in [3.8, 4) is 5.75 Å². The minimum absolute atomic E-state index is 0.102. The second-order valence-corrected chi connectivity index (χ2v) is 7.26. The maximum Gasteiger partial charge on any atom is 0.141 e. The van der Waals surface area contributed by atoms with Gasteiger partial charge in [0.15, 0.2) is 0 Å². The second kappa shape index (κ2) is 6.72. The van der Waals surface area contributed by atoms with E-state index in [0.29, 0.717) is 29.8 Å². The number of hydrogen-bond acceptors (Lipinski definition) is 6.